The van der Waals surface area contributed by atoms with Crippen molar-refractivity contribution in [3.05, 3.63) is 71.3 Å². The van der Waals surface area contributed by atoms with Crippen molar-refractivity contribution in [2.24, 2.45) is 5.92 Å². The largest absolute Gasteiger partial charge is 0.294 e. The maximum absolute atomic E-state index is 13.2. The van der Waals surface area contributed by atoms with Gasteiger partial charge in [-0.2, -0.15) is 0 Å². The van der Waals surface area contributed by atoms with E-state index in [1.54, 1.807) is 0 Å². The lowest BCUT2D eigenvalue weighted by Crippen LogP contribution is -2.36. The summed E-state index contributed by atoms with van der Waals surface area (Å²) in [5.41, 5.74) is 3.47. The molecule has 0 amide bonds. The average Bonchev–Trinajstić information content (AvgIpc) is 3.07. The Morgan fingerprint density at radius 3 is 2.36 bits per heavy atom. The van der Waals surface area contributed by atoms with Crippen LogP contribution in [-0.2, 0) is 10.5 Å². The van der Waals surface area contributed by atoms with Crippen molar-refractivity contribution in [3.8, 4) is 0 Å². The Bertz CT molecular complexity index is 690. The van der Waals surface area contributed by atoms with Gasteiger partial charge in [-0.15, -0.1) is 23.5 Å². The summed E-state index contributed by atoms with van der Waals surface area (Å²) >= 11 is 3.94. The third-order valence-electron chi connectivity index (χ3n) is 4.65. The molecule has 1 atom stereocenters. The van der Waals surface area contributed by atoms with Gasteiger partial charge in [-0.1, -0.05) is 54.6 Å². The van der Waals surface area contributed by atoms with Gasteiger partial charge >= 0.3 is 0 Å². The zero-order chi connectivity index (χ0) is 15.0. The highest BCUT2D eigenvalue weighted by molar-refractivity contribution is 8.20. The molecule has 1 fully saturated rings. The zero-order valence-corrected chi connectivity index (χ0v) is 14.0. The molecular formula is C19H18OS2. The number of rotatable bonds is 2. The lowest BCUT2D eigenvalue weighted by molar-refractivity contribution is 0.0892. The van der Waals surface area contributed by atoms with E-state index in [4.69, 9.17) is 0 Å². The van der Waals surface area contributed by atoms with Gasteiger partial charge in [-0.05, 0) is 24.0 Å². The Morgan fingerprint density at radius 2 is 1.59 bits per heavy atom. The molecule has 0 aromatic heterocycles. The summed E-state index contributed by atoms with van der Waals surface area (Å²) in [4.78, 5) is 13.2. The first-order valence-electron chi connectivity index (χ1n) is 7.77. The van der Waals surface area contributed by atoms with Crippen molar-refractivity contribution < 1.29 is 4.79 Å². The van der Waals surface area contributed by atoms with Gasteiger partial charge in [-0.3, -0.25) is 4.79 Å². The van der Waals surface area contributed by atoms with Crippen molar-refractivity contribution in [2.75, 3.05) is 11.5 Å². The van der Waals surface area contributed by atoms with Crippen LogP contribution < -0.4 is 0 Å². The van der Waals surface area contributed by atoms with Crippen LogP contribution in [0.15, 0.2) is 54.6 Å². The minimum atomic E-state index is -0.0914. The first kappa shape index (κ1) is 14.4. The van der Waals surface area contributed by atoms with E-state index in [-0.39, 0.29) is 10.00 Å². The van der Waals surface area contributed by atoms with Gasteiger partial charge in [0.05, 0.1) is 10.00 Å². The number of carbonyl (C=O) groups excluding carboxylic acids is 1. The molecule has 0 bridgehead atoms. The number of thioether (sulfide) groups is 2. The van der Waals surface area contributed by atoms with E-state index in [1.165, 1.54) is 11.1 Å². The molecule has 2 aromatic rings. The van der Waals surface area contributed by atoms with E-state index in [9.17, 15) is 4.79 Å². The fourth-order valence-electron chi connectivity index (χ4n) is 3.63. The third-order valence-corrected chi connectivity index (χ3v) is 8.33. The lowest BCUT2D eigenvalue weighted by atomic mass is 9.79. The van der Waals surface area contributed by atoms with E-state index < -0.39 is 0 Å². The molecule has 0 N–H and O–H groups in total. The van der Waals surface area contributed by atoms with Crippen molar-refractivity contribution in [1.82, 2.24) is 0 Å². The maximum Gasteiger partial charge on any atom is 0.168 e. The van der Waals surface area contributed by atoms with Crippen LogP contribution in [0.25, 0.3) is 0 Å². The number of carbonyl (C=O) groups is 1. The molecule has 22 heavy (non-hydrogen) atoms. The molecule has 1 aliphatic carbocycles. The fourth-order valence-corrected chi connectivity index (χ4v) is 7.19. The molecule has 1 aliphatic heterocycles. The summed E-state index contributed by atoms with van der Waals surface area (Å²) in [6.45, 7) is 0. The molecule has 2 aromatic carbocycles. The second-order valence-corrected chi connectivity index (χ2v) is 8.78. The van der Waals surface area contributed by atoms with Gasteiger partial charge in [0, 0.05) is 17.1 Å². The SMILES string of the molecule is O=C1c2ccccc2CCC1C1(c2ccccc2)SCCS1. The van der Waals surface area contributed by atoms with Crippen molar-refractivity contribution in [3.63, 3.8) is 0 Å². The molecule has 1 unspecified atom stereocenters. The van der Waals surface area contributed by atoms with E-state index in [1.807, 2.05) is 41.7 Å². The van der Waals surface area contributed by atoms with Gasteiger partial charge in [0.1, 0.15) is 0 Å². The maximum atomic E-state index is 13.2. The predicted octanol–water partition coefficient (Wildman–Crippen LogP) is 4.76. The third kappa shape index (κ3) is 2.22. The lowest BCUT2D eigenvalue weighted by Gasteiger charge is -2.38. The second-order valence-electron chi connectivity index (χ2n) is 5.84. The number of hydrogen-bond acceptors (Lipinski definition) is 3. The summed E-state index contributed by atoms with van der Waals surface area (Å²) in [6.07, 6.45) is 1.98. The van der Waals surface area contributed by atoms with E-state index in [0.29, 0.717) is 5.78 Å². The number of benzene rings is 2. The molecule has 0 spiro atoms. The number of Topliss-reactive ketones (excluding diaryl/α,β-unsaturated/α-hetero) is 1. The van der Waals surface area contributed by atoms with Crippen LogP contribution in [0.2, 0.25) is 0 Å². The second kappa shape index (κ2) is 5.78. The summed E-state index contributed by atoms with van der Waals surface area (Å²) in [6, 6.07) is 18.8. The first-order chi connectivity index (χ1) is 10.8. The number of fused-ring (bicyclic) bond motifs is 1. The van der Waals surface area contributed by atoms with Gasteiger partial charge < -0.3 is 0 Å². The van der Waals surface area contributed by atoms with Crippen LogP contribution >= 0.6 is 23.5 Å². The summed E-state index contributed by atoms with van der Waals surface area (Å²) in [5.74, 6) is 2.69. The van der Waals surface area contributed by atoms with Crippen LogP contribution in [-0.4, -0.2) is 17.3 Å². The molecule has 2 aliphatic rings. The minimum Gasteiger partial charge on any atom is -0.294 e. The Labute approximate surface area is 139 Å². The minimum absolute atomic E-state index is 0.0855. The fraction of sp³-hybridized carbons (Fsp3) is 0.316. The smallest absolute Gasteiger partial charge is 0.168 e. The summed E-state index contributed by atoms with van der Waals surface area (Å²) < 4.78 is -0.0914. The molecule has 1 nitrogen and oxygen atoms in total. The standard InChI is InChI=1S/C19H18OS2/c20-18-16-9-5-4-6-14(16)10-11-17(18)19(21-12-13-22-19)15-7-2-1-3-8-15/h1-9,17H,10-13H2. The number of ketones is 1. The highest BCUT2D eigenvalue weighted by atomic mass is 32.2. The number of aryl methyl sites for hydroxylation is 1. The van der Waals surface area contributed by atoms with Gasteiger partial charge in [-0.25, -0.2) is 0 Å². The quantitative estimate of drug-likeness (QED) is 0.791. The van der Waals surface area contributed by atoms with Crippen LogP contribution in [0.1, 0.15) is 27.9 Å². The van der Waals surface area contributed by atoms with E-state index in [2.05, 4.69) is 36.4 Å². The van der Waals surface area contributed by atoms with Crippen LogP contribution in [0.5, 0.6) is 0 Å². The topological polar surface area (TPSA) is 17.1 Å². The monoisotopic (exact) mass is 326 g/mol. The molecule has 0 radical (unpaired) electrons. The van der Waals surface area contributed by atoms with Crippen molar-refractivity contribution in [1.29, 1.82) is 0 Å². The average molecular weight is 326 g/mol. The summed E-state index contributed by atoms with van der Waals surface area (Å²) in [7, 11) is 0. The van der Waals surface area contributed by atoms with E-state index in [0.717, 1.165) is 29.9 Å². The number of hydrogen-bond donors (Lipinski definition) is 0. The Balaban J connectivity index is 1.78. The van der Waals surface area contributed by atoms with Crippen molar-refractivity contribution >= 4 is 29.3 Å². The molecule has 112 valence electrons. The zero-order valence-electron chi connectivity index (χ0n) is 12.3. The van der Waals surface area contributed by atoms with Crippen LogP contribution in [0.4, 0.5) is 0 Å². The molecule has 3 heteroatoms. The van der Waals surface area contributed by atoms with Gasteiger partial charge in [0.15, 0.2) is 5.78 Å². The van der Waals surface area contributed by atoms with E-state index >= 15 is 0 Å². The molecule has 0 saturated carbocycles. The van der Waals surface area contributed by atoms with Crippen LogP contribution in [0.3, 0.4) is 0 Å². The molecule has 4 rings (SSSR count). The first-order valence-corrected chi connectivity index (χ1v) is 9.74. The Morgan fingerprint density at radius 1 is 0.909 bits per heavy atom. The Kier molecular flexibility index (Phi) is 3.79. The molecule has 1 saturated heterocycles. The Hall–Kier alpha value is -1.19. The normalized spacial score (nSPS) is 23.3. The van der Waals surface area contributed by atoms with Crippen molar-refractivity contribution in [2.45, 2.75) is 16.9 Å². The van der Waals surface area contributed by atoms with Crippen LogP contribution in [0, 0.1) is 5.92 Å². The molecule has 1 heterocycles. The highest BCUT2D eigenvalue weighted by Gasteiger charge is 2.49. The molecular weight excluding hydrogens is 308 g/mol. The highest BCUT2D eigenvalue weighted by Crippen LogP contribution is 2.59. The van der Waals surface area contributed by atoms with Gasteiger partial charge in [0.2, 0.25) is 0 Å². The summed E-state index contributed by atoms with van der Waals surface area (Å²) in [5, 5.41) is 0. The predicted molar refractivity (Wildman–Crippen MR) is 95.6 cm³/mol. The van der Waals surface area contributed by atoms with Gasteiger partial charge in [0.25, 0.3) is 0 Å².